The SMILES string of the molecule is C=CCCC(C)CC.CCCCCCC(CC)CC.CC[C@@H](C)c1c(-c2ccc(OC)cc2)cc(C)c(C(N)=O)c1C. The first-order valence-corrected chi connectivity index (χ1v) is 16.7. The topological polar surface area (TPSA) is 52.3 Å². The quantitative estimate of drug-likeness (QED) is 0.159. The molecule has 42 heavy (non-hydrogen) atoms. The van der Waals surface area contributed by atoms with Crippen molar-refractivity contribution in [2.45, 2.75) is 139 Å². The average Bonchev–Trinajstić information content (AvgIpc) is 2.99. The molecule has 0 aliphatic carbocycles. The zero-order valence-corrected chi connectivity index (χ0v) is 29.1. The highest BCUT2D eigenvalue weighted by atomic mass is 16.5. The van der Waals surface area contributed by atoms with Gasteiger partial charge in [0.15, 0.2) is 0 Å². The maximum Gasteiger partial charge on any atom is 0.249 e. The van der Waals surface area contributed by atoms with Crippen molar-refractivity contribution in [1.82, 2.24) is 0 Å². The van der Waals surface area contributed by atoms with Crippen LogP contribution in [0.25, 0.3) is 11.1 Å². The van der Waals surface area contributed by atoms with Crippen LogP contribution in [0.3, 0.4) is 0 Å². The number of unbranched alkanes of at least 4 members (excludes halogenated alkanes) is 3. The van der Waals surface area contributed by atoms with E-state index in [0.717, 1.165) is 40.7 Å². The second-order valence-corrected chi connectivity index (χ2v) is 12.0. The Balaban J connectivity index is 0.000000735. The maximum absolute atomic E-state index is 11.8. The third kappa shape index (κ3) is 14.1. The molecule has 0 aliphatic rings. The van der Waals surface area contributed by atoms with Gasteiger partial charge in [-0.2, -0.15) is 0 Å². The first-order chi connectivity index (χ1) is 20.1. The summed E-state index contributed by atoms with van der Waals surface area (Å²) in [6.45, 7) is 23.4. The number of benzene rings is 2. The minimum atomic E-state index is -0.356. The van der Waals surface area contributed by atoms with Crippen LogP contribution in [0.4, 0.5) is 0 Å². The van der Waals surface area contributed by atoms with Gasteiger partial charge in [0.25, 0.3) is 0 Å². The zero-order valence-electron chi connectivity index (χ0n) is 29.1. The van der Waals surface area contributed by atoms with E-state index in [4.69, 9.17) is 10.5 Å². The van der Waals surface area contributed by atoms with Crippen molar-refractivity contribution in [2.75, 3.05) is 7.11 Å². The van der Waals surface area contributed by atoms with Crippen molar-refractivity contribution < 1.29 is 9.53 Å². The number of carbonyl (C=O) groups excluding carboxylic acids is 1. The monoisotopic (exact) mass is 580 g/mol. The fraction of sp³-hybridized carbons (Fsp3) is 0.615. The van der Waals surface area contributed by atoms with Crippen LogP contribution in [0.2, 0.25) is 0 Å². The van der Waals surface area contributed by atoms with Crippen LogP contribution in [-0.4, -0.2) is 13.0 Å². The van der Waals surface area contributed by atoms with Gasteiger partial charge in [-0.3, -0.25) is 4.79 Å². The van der Waals surface area contributed by atoms with E-state index in [0.29, 0.717) is 11.5 Å². The van der Waals surface area contributed by atoms with Crippen LogP contribution in [-0.2, 0) is 0 Å². The van der Waals surface area contributed by atoms with E-state index in [9.17, 15) is 4.79 Å². The molecule has 0 saturated carbocycles. The summed E-state index contributed by atoms with van der Waals surface area (Å²) in [6.07, 6.45) is 16.7. The van der Waals surface area contributed by atoms with E-state index in [1.807, 2.05) is 32.1 Å². The molecule has 0 bridgehead atoms. The average molecular weight is 580 g/mol. The van der Waals surface area contributed by atoms with Gasteiger partial charge < -0.3 is 10.5 Å². The van der Waals surface area contributed by atoms with Crippen LogP contribution in [0.15, 0.2) is 43.0 Å². The molecule has 2 atom stereocenters. The second-order valence-electron chi connectivity index (χ2n) is 12.0. The Kier molecular flexibility index (Phi) is 21.6. The van der Waals surface area contributed by atoms with Crippen LogP contribution < -0.4 is 10.5 Å². The fourth-order valence-electron chi connectivity index (χ4n) is 5.39. The van der Waals surface area contributed by atoms with E-state index in [-0.39, 0.29) is 5.91 Å². The smallest absolute Gasteiger partial charge is 0.249 e. The van der Waals surface area contributed by atoms with E-state index >= 15 is 0 Å². The Labute approximate surface area is 260 Å². The van der Waals surface area contributed by atoms with Gasteiger partial charge in [-0.1, -0.05) is 124 Å². The van der Waals surface area contributed by atoms with Crippen molar-refractivity contribution in [2.24, 2.45) is 17.6 Å². The molecule has 3 nitrogen and oxygen atoms in total. The number of nitrogens with two attached hydrogens (primary N) is 1. The van der Waals surface area contributed by atoms with Gasteiger partial charge in [0, 0.05) is 5.56 Å². The number of aryl methyl sites for hydroxylation is 1. The molecule has 2 aromatic carbocycles. The lowest BCUT2D eigenvalue weighted by atomic mass is 9.82. The van der Waals surface area contributed by atoms with Crippen molar-refractivity contribution in [3.8, 4) is 16.9 Å². The third-order valence-corrected chi connectivity index (χ3v) is 8.76. The van der Waals surface area contributed by atoms with Crippen LogP contribution in [0.1, 0.15) is 152 Å². The summed E-state index contributed by atoms with van der Waals surface area (Å²) in [6, 6.07) is 10.1. The fourth-order valence-corrected chi connectivity index (χ4v) is 5.39. The Morgan fingerprint density at radius 3 is 1.98 bits per heavy atom. The number of rotatable bonds is 16. The van der Waals surface area contributed by atoms with E-state index in [1.165, 1.54) is 75.3 Å². The molecule has 0 radical (unpaired) electrons. The van der Waals surface area contributed by atoms with Gasteiger partial charge in [-0.25, -0.2) is 0 Å². The second kappa shape index (κ2) is 23.0. The molecule has 2 N–H and O–H groups in total. The highest BCUT2D eigenvalue weighted by Gasteiger charge is 2.20. The summed E-state index contributed by atoms with van der Waals surface area (Å²) in [4.78, 5) is 11.8. The minimum absolute atomic E-state index is 0.353. The lowest BCUT2D eigenvalue weighted by Crippen LogP contribution is -2.17. The van der Waals surface area contributed by atoms with Crippen molar-refractivity contribution >= 4 is 5.91 Å². The first-order valence-electron chi connectivity index (χ1n) is 16.7. The molecule has 2 aromatic rings. The van der Waals surface area contributed by atoms with E-state index < -0.39 is 0 Å². The molecule has 3 heteroatoms. The minimum Gasteiger partial charge on any atom is -0.497 e. The summed E-state index contributed by atoms with van der Waals surface area (Å²) in [5.74, 6) is 2.72. The largest absolute Gasteiger partial charge is 0.497 e. The molecule has 1 amide bonds. The molecule has 0 aromatic heterocycles. The van der Waals surface area contributed by atoms with Gasteiger partial charge in [0.05, 0.1) is 7.11 Å². The normalized spacial score (nSPS) is 12.0. The number of carbonyl (C=O) groups is 1. The molecule has 0 heterocycles. The lowest BCUT2D eigenvalue weighted by molar-refractivity contribution is 0.0999. The van der Waals surface area contributed by atoms with Crippen molar-refractivity contribution in [3.63, 3.8) is 0 Å². The number of amides is 1. The number of hydrogen-bond donors (Lipinski definition) is 1. The predicted octanol–water partition coefficient (Wildman–Crippen LogP) is 12.0. The molecular weight excluding hydrogens is 514 g/mol. The standard InChI is InChI=1S/C20H25NO2.C11H24.C8H16/c1-6-12(2)18-14(4)19(20(21)22)13(3)11-17(18)15-7-9-16(23-5)10-8-15;1-4-7-8-9-10-11(5-2)6-3;1-4-6-7-8(3)5-2/h7-12H,6H2,1-5H3,(H2,21,22);11H,4-10H2,1-3H3;4,8H,1,5-7H2,2-3H3/t12-;;/m1../s1. The van der Waals surface area contributed by atoms with Gasteiger partial charge in [0.1, 0.15) is 5.75 Å². The third-order valence-electron chi connectivity index (χ3n) is 8.76. The molecular formula is C39H65NO2. The highest BCUT2D eigenvalue weighted by molar-refractivity contribution is 5.97. The maximum atomic E-state index is 11.8. The number of ether oxygens (including phenoxy) is 1. The molecule has 0 saturated heterocycles. The van der Waals surface area contributed by atoms with Crippen LogP contribution in [0, 0.1) is 25.7 Å². The molecule has 0 aliphatic heterocycles. The van der Waals surface area contributed by atoms with Crippen molar-refractivity contribution in [3.05, 3.63) is 65.2 Å². The predicted molar refractivity (Wildman–Crippen MR) is 187 cm³/mol. The molecule has 238 valence electrons. The molecule has 0 spiro atoms. The van der Waals surface area contributed by atoms with Crippen LogP contribution in [0.5, 0.6) is 5.75 Å². The van der Waals surface area contributed by atoms with E-state index in [2.05, 4.69) is 73.2 Å². The Hall–Kier alpha value is -2.55. The van der Waals surface area contributed by atoms with Crippen LogP contribution >= 0.6 is 0 Å². The summed E-state index contributed by atoms with van der Waals surface area (Å²) in [5, 5.41) is 0. The van der Waals surface area contributed by atoms with E-state index in [1.54, 1.807) is 7.11 Å². The Bertz CT molecular complexity index is 1000. The van der Waals surface area contributed by atoms with Gasteiger partial charge in [0.2, 0.25) is 5.91 Å². The molecule has 0 fully saturated rings. The first kappa shape index (κ1) is 39.5. The Morgan fingerprint density at radius 1 is 0.905 bits per heavy atom. The number of methoxy groups -OCH3 is 1. The van der Waals surface area contributed by atoms with Gasteiger partial charge >= 0.3 is 0 Å². The van der Waals surface area contributed by atoms with Gasteiger partial charge in [-0.15, -0.1) is 6.58 Å². The number of hydrogen-bond acceptors (Lipinski definition) is 2. The molecule has 2 rings (SSSR count). The number of primary amides is 1. The zero-order chi connectivity index (χ0) is 32.1. The van der Waals surface area contributed by atoms with Crippen molar-refractivity contribution in [1.29, 1.82) is 0 Å². The highest BCUT2D eigenvalue weighted by Crippen LogP contribution is 2.37. The summed E-state index contributed by atoms with van der Waals surface area (Å²) < 4.78 is 5.24. The van der Waals surface area contributed by atoms with Gasteiger partial charge in [-0.05, 0) is 90.8 Å². The number of allylic oxidation sites excluding steroid dienone is 1. The summed E-state index contributed by atoms with van der Waals surface area (Å²) in [7, 11) is 1.66. The lowest BCUT2D eigenvalue weighted by Gasteiger charge is -2.22. The summed E-state index contributed by atoms with van der Waals surface area (Å²) >= 11 is 0. The summed E-state index contributed by atoms with van der Waals surface area (Å²) in [5.41, 5.74) is 11.7. The Morgan fingerprint density at radius 2 is 1.52 bits per heavy atom. The molecule has 1 unspecified atom stereocenters.